The first kappa shape index (κ1) is 14.2. The van der Waals surface area contributed by atoms with Crippen molar-refractivity contribution >= 4 is 29.3 Å². The van der Waals surface area contributed by atoms with Gasteiger partial charge in [-0.25, -0.2) is 9.59 Å². The fourth-order valence-corrected chi connectivity index (χ4v) is 2.21. The van der Waals surface area contributed by atoms with Gasteiger partial charge in [0.2, 0.25) is 0 Å². The van der Waals surface area contributed by atoms with E-state index in [1.807, 2.05) is 6.07 Å². The van der Waals surface area contributed by atoms with E-state index in [9.17, 15) is 9.59 Å². The Morgan fingerprint density at radius 1 is 1.40 bits per heavy atom. The quantitative estimate of drug-likeness (QED) is 0.796. The Balaban J connectivity index is 2.03. The number of anilines is 1. The second kappa shape index (κ2) is 5.39. The number of amides is 2. The minimum absolute atomic E-state index is 0.224. The van der Waals surface area contributed by atoms with Gasteiger partial charge in [0.15, 0.2) is 0 Å². The van der Waals surface area contributed by atoms with Crippen LogP contribution in [0, 0.1) is 11.3 Å². The molecule has 3 N–H and O–H groups in total. The normalized spacial score (nSPS) is 15.6. The minimum Gasteiger partial charge on any atom is -0.480 e. The molecule has 1 aliphatic carbocycles. The van der Waals surface area contributed by atoms with Crippen LogP contribution in [0.4, 0.5) is 10.5 Å². The highest BCUT2D eigenvalue weighted by molar-refractivity contribution is 6.32. The van der Waals surface area contributed by atoms with Gasteiger partial charge in [-0.1, -0.05) is 11.6 Å². The van der Waals surface area contributed by atoms with Crippen LogP contribution in [0.2, 0.25) is 5.02 Å². The molecule has 0 atom stereocenters. The predicted molar refractivity (Wildman–Crippen MR) is 72.5 cm³/mol. The summed E-state index contributed by atoms with van der Waals surface area (Å²) in [5.41, 5.74) is -0.467. The molecule has 0 spiro atoms. The van der Waals surface area contributed by atoms with Crippen molar-refractivity contribution in [3.05, 3.63) is 28.8 Å². The van der Waals surface area contributed by atoms with Gasteiger partial charge >= 0.3 is 12.0 Å². The number of hydrogen-bond acceptors (Lipinski definition) is 3. The van der Waals surface area contributed by atoms with Crippen LogP contribution in [0.25, 0.3) is 0 Å². The first-order chi connectivity index (χ1) is 9.47. The molecule has 0 bridgehead atoms. The van der Waals surface area contributed by atoms with Gasteiger partial charge in [0.05, 0.1) is 10.6 Å². The fourth-order valence-electron chi connectivity index (χ4n) is 1.99. The third-order valence-corrected chi connectivity index (χ3v) is 3.63. The maximum absolute atomic E-state index is 11.8. The van der Waals surface area contributed by atoms with Crippen molar-refractivity contribution in [2.75, 3.05) is 5.32 Å². The highest BCUT2D eigenvalue weighted by Crippen LogP contribution is 2.32. The van der Waals surface area contributed by atoms with Crippen LogP contribution in [0.15, 0.2) is 18.2 Å². The monoisotopic (exact) mass is 293 g/mol. The molecule has 1 aromatic rings. The van der Waals surface area contributed by atoms with E-state index in [-0.39, 0.29) is 5.02 Å². The molecule has 0 saturated heterocycles. The van der Waals surface area contributed by atoms with Gasteiger partial charge in [-0.2, -0.15) is 5.26 Å². The van der Waals surface area contributed by atoms with E-state index in [0.29, 0.717) is 24.1 Å². The molecule has 6 nitrogen and oxygen atoms in total. The molecular weight excluding hydrogens is 282 g/mol. The predicted octanol–water partition coefficient (Wildman–Crippen LogP) is 2.34. The maximum atomic E-state index is 11.8. The largest absolute Gasteiger partial charge is 0.480 e. The number of nitriles is 1. The van der Waals surface area contributed by atoms with Gasteiger partial charge in [0.1, 0.15) is 11.6 Å². The van der Waals surface area contributed by atoms with Crippen molar-refractivity contribution in [2.45, 2.75) is 24.8 Å². The fraction of sp³-hybridized carbons (Fsp3) is 0.308. The van der Waals surface area contributed by atoms with Gasteiger partial charge in [0, 0.05) is 5.69 Å². The molecule has 1 aliphatic rings. The maximum Gasteiger partial charge on any atom is 0.329 e. The zero-order chi connectivity index (χ0) is 14.8. The lowest BCUT2D eigenvalue weighted by Gasteiger charge is -2.38. The number of benzene rings is 1. The summed E-state index contributed by atoms with van der Waals surface area (Å²) in [6.07, 6.45) is 1.61. The molecule has 0 unspecified atom stereocenters. The van der Waals surface area contributed by atoms with Crippen molar-refractivity contribution in [1.29, 1.82) is 5.26 Å². The molecule has 0 radical (unpaired) electrons. The zero-order valence-electron chi connectivity index (χ0n) is 10.4. The summed E-state index contributed by atoms with van der Waals surface area (Å²) in [5.74, 6) is -1.03. The van der Waals surface area contributed by atoms with Crippen LogP contribution in [0.5, 0.6) is 0 Å². The average molecular weight is 294 g/mol. The van der Waals surface area contributed by atoms with Crippen LogP contribution < -0.4 is 10.6 Å². The van der Waals surface area contributed by atoms with E-state index < -0.39 is 17.5 Å². The van der Waals surface area contributed by atoms with Crippen LogP contribution in [0.3, 0.4) is 0 Å². The minimum atomic E-state index is -1.17. The van der Waals surface area contributed by atoms with Gasteiger partial charge in [-0.05, 0) is 37.5 Å². The number of nitrogens with zero attached hydrogens (tertiary/aromatic N) is 1. The molecule has 104 valence electrons. The first-order valence-electron chi connectivity index (χ1n) is 5.99. The first-order valence-corrected chi connectivity index (χ1v) is 6.37. The Kier molecular flexibility index (Phi) is 3.81. The molecule has 1 aromatic carbocycles. The molecular formula is C13H12ClN3O3. The number of carboxylic acids is 1. The molecule has 0 heterocycles. The molecule has 0 aromatic heterocycles. The molecule has 2 rings (SSSR count). The lowest BCUT2D eigenvalue weighted by molar-refractivity contribution is -0.148. The second-order valence-corrected chi connectivity index (χ2v) is 5.03. The smallest absolute Gasteiger partial charge is 0.329 e. The van der Waals surface area contributed by atoms with Crippen molar-refractivity contribution in [3.8, 4) is 6.07 Å². The van der Waals surface area contributed by atoms with E-state index in [1.54, 1.807) is 0 Å². The molecule has 2 amide bonds. The second-order valence-electron chi connectivity index (χ2n) is 4.63. The van der Waals surface area contributed by atoms with E-state index >= 15 is 0 Å². The Morgan fingerprint density at radius 3 is 2.55 bits per heavy atom. The number of hydrogen-bond donors (Lipinski definition) is 3. The third-order valence-electron chi connectivity index (χ3n) is 3.32. The summed E-state index contributed by atoms with van der Waals surface area (Å²) in [7, 11) is 0. The van der Waals surface area contributed by atoms with Gasteiger partial charge < -0.3 is 15.7 Å². The molecule has 1 fully saturated rings. The van der Waals surface area contributed by atoms with Gasteiger partial charge in [0.25, 0.3) is 0 Å². The number of aliphatic carboxylic acids is 1. The number of urea groups is 1. The lowest BCUT2D eigenvalue weighted by atomic mass is 9.77. The SMILES string of the molecule is N#Cc1ccc(NC(=O)NC2(C(=O)O)CCC2)cc1Cl. The summed E-state index contributed by atoms with van der Waals surface area (Å²) in [5, 5.41) is 23.1. The van der Waals surface area contributed by atoms with Gasteiger partial charge in [-0.3, -0.25) is 0 Å². The average Bonchev–Trinajstić information content (AvgIpc) is 2.33. The van der Waals surface area contributed by atoms with E-state index in [4.69, 9.17) is 22.0 Å². The summed E-state index contributed by atoms with van der Waals surface area (Å²) in [6, 6.07) is 5.75. The molecule has 1 saturated carbocycles. The summed E-state index contributed by atoms with van der Waals surface area (Å²) in [4.78, 5) is 22.9. The Labute approximate surface area is 120 Å². The Morgan fingerprint density at radius 2 is 2.10 bits per heavy atom. The van der Waals surface area contributed by atoms with Crippen molar-refractivity contribution in [2.24, 2.45) is 0 Å². The summed E-state index contributed by atoms with van der Waals surface area (Å²) >= 11 is 5.85. The van der Waals surface area contributed by atoms with Crippen LogP contribution >= 0.6 is 11.6 Å². The molecule has 0 aliphatic heterocycles. The number of carbonyl (C=O) groups excluding carboxylic acids is 1. The van der Waals surface area contributed by atoms with E-state index in [1.165, 1.54) is 18.2 Å². The zero-order valence-corrected chi connectivity index (χ0v) is 11.2. The molecule has 20 heavy (non-hydrogen) atoms. The highest BCUT2D eigenvalue weighted by Gasteiger charge is 2.45. The number of rotatable bonds is 3. The molecule has 7 heteroatoms. The summed E-state index contributed by atoms with van der Waals surface area (Å²) < 4.78 is 0. The van der Waals surface area contributed by atoms with Crippen LogP contribution in [0.1, 0.15) is 24.8 Å². The standard InChI is InChI=1S/C13H12ClN3O3/c14-10-6-9(3-2-8(10)7-15)16-12(20)17-13(11(18)19)4-1-5-13/h2-3,6H,1,4-5H2,(H,18,19)(H2,16,17,20). The number of carboxylic acid groups (broad SMARTS) is 1. The van der Waals surface area contributed by atoms with Crippen LogP contribution in [-0.4, -0.2) is 22.6 Å². The van der Waals surface area contributed by atoms with Crippen molar-refractivity contribution in [1.82, 2.24) is 5.32 Å². The number of carbonyl (C=O) groups is 2. The highest BCUT2D eigenvalue weighted by atomic mass is 35.5. The van der Waals surface area contributed by atoms with Crippen LogP contribution in [-0.2, 0) is 4.79 Å². The van der Waals surface area contributed by atoms with Gasteiger partial charge in [-0.15, -0.1) is 0 Å². The third kappa shape index (κ3) is 2.68. The van der Waals surface area contributed by atoms with E-state index in [0.717, 1.165) is 6.42 Å². The number of halogens is 1. The topological polar surface area (TPSA) is 102 Å². The lowest BCUT2D eigenvalue weighted by Crippen LogP contribution is -2.60. The van der Waals surface area contributed by atoms with E-state index in [2.05, 4.69) is 10.6 Å². The number of nitrogens with one attached hydrogen (secondary N) is 2. The summed E-state index contributed by atoms with van der Waals surface area (Å²) in [6.45, 7) is 0. The Hall–Kier alpha value is -2.26. The Bertz CT molecular complexity index is 605. The van der Waals surface area contributed by atoms with Crippen molar-refractivity contribution in [3.63, 3.8) is 0 Å². The van der Waals surface area contributed by atoms with Crippen molar-refractivity contribution < 1.29 is 14.7 Å².